The van der Waals surface area contributed by atoms with Gasteiger partial charge in [-0.15, -0.1) is 0 Å². The second-order valence-electron chi connectivity index (χ2n) is 10.1. The van der Waals surface area contributed by atoms with Crippen molar-refractivity contribution >= 4 is 29.0 Å². The number of amides is 1. The summed E-state index contributed by atoms with van der Waals surface area (Å²) < 4.78 is 26.7. The van der Waals surface area contributed by atoms with E-state index in [-0.39, 0.29) is 6.04 Å². The zero-order valence-electron chi connectivity index (χ0n) is 22.9. The Morgan fingerprint density at radius 1 is 1.10 bits per heavy atom. The van der Waals surface area contributed by atoms with Crippen molar-refractivity contribution in [3.05, 3.63) is 78.1 Å². The molecule has 11 heteroatoms. The lowest BCUT2D eigenvalue weighted by molar-refractivity contribution is -0.112. The molecule has 0 aliphatic carbocycles. The molecule has 0 bridgehead atoms. The number of rotatable bonds is 6. The molecule has 0 radical (unpaired) electrons. The average molecular weight is 557 g/mol. The molecule has 6 rings (SSSR count). The predicted octanol–water partition coefficient (Wildman–Crippen LogP) is 3.85. The molecule has 10 nitrogen and oxygen atoms in total. The Balaban J connectivity index is 1.23. The Labute approximate surface area is 236 Å². The lowest BCUT2D eigenvalue weighted by atomic mass is 10.0. The molecule has 2 aliphatic rings. The van der Waals surface area contributed by atoms with Gasteiger partial charge in [0.1, 0.15) is 23.8 Å². The second kappa shape index (κ2) is 10.6. The molecule has 0 saturated carbocycles. The van der Waals surface area contributed by atoms with Gasteiger partial charge in [0.25, 0.3) is 11.7 Å². The number of fused-ring (bicyclic) bond motifs is 3. The summed E-state index contributed by atoms with van der Waals surface area (Å²) in [6.07, 6.45) is 2.32. The number of piperazine rings is 1. The minimum absolute atomic E-state index is 0.00798. The highest BCUT2D eigenvalue weighted by molar-refractivity contribution is 6.47. The third-order valence-electron chi connectivity index (χ3n) is 7.62. The number of aryl methyl sites for hydroxylation is 1. The molecule has 210 valence electrons. The number of ether oxygens (including phenoxy) is 2. The first-order chi connectivity index (χ1) is 19.8. The van der Waals surface area contributed by atoms with E-state index < -0.39 is 17.5 Å². The van der Waals surface area contributed by atoms with Gasteiger partial charge in [-0.05, 0) is 18.6 Å². The van der Waals surface area contributed by atoms with Crippen LogP contribution in [0.15, 0.2) is 60.9 Å². The summed E-state index contributed by atoms with van der Waals surface area (Å²) in [7, 11) is 3.28. The first-order valence-electron chi connectivity index (χ1n) is 13.3. The first-order valence-corrected chi connectivity index (χ1v) is 13.3. The Kier molecular flexibility index (Phi) is 6.78. The minimum atomic E-state index is -0.775. The average Bonchev–Trinajstić information content (AvgIpc) is 3.30. The number of hydrogen-bond acceptors (Lipinski definition) is 8. The molecular weight excluding hydrogens is 527 g/mol. The van der Waals surface area contributed by atoms with Crippen molar-refractivity contribution in [1.29, 1.82) is 0 Å². The highest BCUT2D eigenvalue weighted by Gasteiger charge is 2.35. The second-order valence-corrected chi connectivity index (χ2v) is 10.1. The summed E-state index contributed by atoms with van der Waals surface area (Å²) >= 11 is 0. The van der Waals surface area contributed by atoms with Crippen molar-refractivity contribution in [2.75, 3.05) is 48.5 Å². The van der Waals surface area contributed by atoms with Gasteiger partial charge in [-0.25, -0.2) is 14.4 Å². The smallest absolute Gasteiger partial charge is 0.298 e. The fourth-order valence-electron chi connectivity index (χ4n) is 5.44. The molecule has 2 aliphatic heterocycles. The van der Waals surface area contributed by atoms with E-state index in [2.05, 4.69) is 20.2 Å². The number of ketones is 1. The van der Waals surface area contributed by atoms with E-state index in [1.165, 1.54) is 7.11 Å². The number of Topliss-reactive ketones (excluding diaryl/α,β-unsaturated/α-hetero) is 1. The van der Waals surface area contributed by atoms with Crippen LogP contribution >= 0.6 is 0 Å². The van der Waals surface area contributed by atoms with Gasteiger partial charge in [-0.2, -0.15) is 0 Å². The number of carbonyl (C=O) groups is 2. The fourth-order valence-corrected chi connectivity index (χ4v) is 5.44. The van der Waals surface area contributed by atoms with Crippen LogP contribution in [0.2, 0.25) is 0 Å². The van der Waals surface area contributed by atoms with Crippen LogP contribution in [0.3, 0.4) is 0 Å². The van der Waals surface area contributed by atoms with Gasteiger partial charge in [0.05, 0.1) is 36.9 Å². The third kappa shape index (κ3) is 4.83. The molecule has 1 N–H and O–H groups in total. The number of halogens is 1. The third-order valence-corrected chi connectivity index (χ3v) is 7.62. The molecule has 1 saturated heterocycles. The Hall–Kier alpha value is -4.93. The monoisotopic (exact) mass is 556 g/mol. The Morgan fingerprint density at radius 3 is 2.59 bits per heavy atom. The van der Waals surface area contributed by atoms with E-state index in [1.54, 1.807) is 17.7 Å². The zero-order chi connectivity index (χ0) is 28.7. The topological polar surface area (TPSA) is 102 Å². The van der Waals surface area contributed by atoms with E-state index >= 15 is 0 Å². The number of aromatic nitrogens is 3. The Bertz CT molecular complexity index is 1620. The minimum Gasteiger partial charge on any atom is -0.494 e. The van der Waals surface area contributed by atoms with Crippen molar-refractivity contribution in [1.82, 2.24) is 14.5 Å². The summed E-state index contributed by atoms with van der Waals surface area (Å²) in [6.45, 7) is 4.18. The van der Waals surface area contributed by atoms with Crippen LogP contribution in [0.25, 0.3) is 11.1 Å². The quantitative estimate of drug-likeness (QED) is 0.282. The van der Waals surface area contributed by atoms with Crippen LogP contribution in [-0.2, 0) is 11.8 Å². The number of benzene rings is 2. The highest BCUT2D eigenvalue weighted by atomic mass is 19.1. The van der Waals surface area contributed by atoms with Gasteiger partial charge >= 0.3 is 0 Å². The molecule has 1 atom stereocenters. The van der Waals surface area contributed by atoms with Crippen LogP contribution in [0.5, 0.6) is 11.5 Å². The number of nitrogens with one attached hydrogen (secondary N) is 1. The number of anilines is 3. The van der Waals surface area contributed by atoms with Crippen molar-refractivity contribution in [2.45, 2.75) is 13.0 Å². The van der Waals surface area contributed by atoms with Gasteiger partial charge in [-0.3, -0.25) is 9.59 Å². The predicted molar refractivity (Wildman–Crippen MR) is 152 cm³/mol. The lowest BCUT2D eigenvalue weighted by Crippen LogP contribution is -2.57. The number of methoxy groups -OCH3 is 1. The molecule has 0 spiro atoms. The van der Waals surface area contributed by atoms with E-state index in [9.17, 15) is 14.0 Å². The maximum absolute atomic E-state index is 13.5. The van der Waals surface area contributed by atoms with Crippen LogP contribution in [0.1, 0.15) is 16.2 Å². The first kappa shape index (κ1) is 26.3. The van der Waals surface area contributed by atoms with Gasteiger partial charge in [0.15, 0.2) is 5.82 Å². The molecule has 1 fully saturated rings. The van der Waals surface area contributed by atoms with Gasteiger partial charge in [0, 0.05) is 50.1 Å². The van der Waals surface area contributed by atoms with Crippen molar-refractivity contribution in [3.63, 3.8) is 0 Å². The van der Waals surface area contributed by atoms with Crippen LogP contribution in [0, 0.1) is 12.7 Å². The molecule has 2 aromatic carbocycles. The normalized spacial score (nSPS) is 16.0. The van der Waals surface area contributed by atoms with E-state index in [0.29, 0.717) is 60.6 Å². The van der Waals surface area contributed by atoms with Crippen molar-refractivity contribution in [3.8, 4) is 22.6 Å². The van der Waals surface area contributed by atoms with Gasteiger partial charge in [-0.1, -0.05) is 30.3 Å². The standard InChI is InChI=1S/C30H29FN6O4/c1-18-11-22(19-7-5-4-6-8-19)27(35(18)2)28(38)29(39)34-23-12-26-24(13-25(23)40-3)37-10-9-36(16-21(37)17-41-26)30-32-14-20(31)15-33-30/h4-8,11-15,21H,9-10,16-17H2,1-3H3,(H,34,39). The van der Waals surface area contributed by atoms with Crippen LogP contribution in [0.4, 0.5) is 21.7 Å². The van der Waals surface area contributed by atoms with Crippen LogP contribution < -0.4 is 24.6 Å². The molecule has 4 aromatic rings. The summed E-state index contributed by atoms with van der Waals surface area (Å²) in [5.41, 5.74) is 3.89. The van der Waals surface area contributed by atoms with Crippen molar-refractivity contribution < 1.29 is 23.5 Å². The van der Waals surface area contributed by atoms with Gasteiger partial charge in [0.2, 0.25) is 5.95 Å². The number of carbonyl (C=O) groups excluding carboxylic acids is 2. The maximum atomic E-state index is 13.5. The Morgan fingerprint density at radius 2 is 1.85 bits per heavy atom. The van der Waals surface area contributed by atoms with Crippen molar-refractivity contribution in [2.24, 2.45) is 7.05 Å². The molecule has 4 heterocycles. The molecule has 41 heavy (non-hydrogen) atoms. The summed E-state index contributed by atoms with van der Waals surface area (Å²) in [5.74, 6) is -0.446. The summed E-state index contributed by atoms with van der Waals surface area (Å²) in [4.78, 5) is 39.2. The number of hydrogen-bond donors (Lipinski definition) is 1. The summed E-state index contributed by atoms with van der Waals surface area (Å²) in [5, 5.41) is 2.75. The molecular formula is C30H29FN6O4. The van der Waals surface area contributed by atoms with Crippen LogP contribution in [-0.4, -0.2) is 65.6 Å². The fraction of sp³-hybridized carbons (Fsp3) is 0.267. The number of nitrogens with zero attached hydrogens (tertiary/aromatic N) is 5. The maximum Gasteiger partial charge on any atom is 0.298 e. The summed E-state index contributed by atoms with van der Waals surface area (Å²) in [6, 6.07) is 14.9. The molecule has 2 aromatic heterocycles. The highest BCUT2D eigenvalue weighted by Crippen LogP contribution is 2.42. The zero-order valence-corrected chi connectivity index (χ0v) is 22.9. The molecule has 1 unspecified atom stereocenters. The van der Waals surface area contributed by atoms with E-state index in [0.717, 1.165) is 29.3 Å². The van der Waals surface area contributed by atoms with E-state index in [1.807, 2.05) is 54.3 Å². The molecule has 1 amide bonds. The SMILES string of the molecule is COc1cc2c(cc1NC(=O)C(=O)c1c(-c3ccccc3)cc(C)n1C)OCC1CN(c3ncc(F)cn3)CCN21. The lowest BCUT2D eigenvalue weighted by Gasteiger charge is -2.45. The van der Waals surface area contributed by atoms with Gasteiger partial charge < -0.3 is 29.2 Å². The largest absolute Gasteiger partial charge is 0.494 e. The van der Waals surface area contributed by atoms with E-state index in [4.69, 9.17) is 9.47 Å².